The molecule has 3 heteroatoms. The number of halogens is 1. The number of hydrogen-bond donors (Lipinski definition) is 0. The van der Waals surface area contributed by atoms with Gasteiger partial charge in [0.2, 0.25) is 0 Å². The summed E-state index contributed by atoms with van der Waals surface area (Å²) >= 11 is 3.20. The fraction of sp³-hybridized carbons (Fsp3) is 0.125. The monoisotopic (exact) mass is 209 g/mol. The lowest BCUT2D eigenvalue weighted by Crippen LogP contribution is -1.90. The smallest absolute Gasteiger partial charge is 0.128 e. The van der Waals surface area contributed by atoms with Gasteiger partial charge in [0.1, 0.15) is 5.94 Å². The summed E-state index contributed by atoms with van der Waals surface area (Å²) in [5, 5.41) is 8.52. The highest BCUT2D eigenvalue weighted by atomic mass is 79.9. The SMILES string of the molecule is N#CC1=C(Br)CC(=C=O)C=C1. The van der Waals surface area contributed by atoms with Crippen molar-refractivity contribution in [1.82, 2.24) is 0 Å². The summed E-state index contributed by atoms with van der Waals surface area (Å²) in [6, 6.07) is 2.00. The van der Waals surface area contributed by atoms with Gasteiger partial charge < -0.3 is 0 Å². The van der Waals surface area contributed by atoms with E-state index in [1.54, 1.807) is 18.1 Å². The van der Waals surface area contributed by atoms with E-state index in [-0.39, 0.29) is 0 Å². The minimum absolute atomic E-state index is 0.475. The minimum Gasteiger partial charge on any atom is -0.233 e. The molecule has 0 N–H and O–H groups in total. The Labute approximate surface area is 72.6 Å². The maximum atomic E-state index is 10.2. The van der Waals surface area contributed by atoms with E-state index in [0.29, 0.717) is 17.6 Å². The van der Waals surface area contributed by atoms with Gasteiger partial charge in [-0.3, -0.25) is 0 Å². The van der Waals surface area contributed by atoms with E-state index in [1.807, 2.05) is 6.07 Å². The third kappa shape index (κ3) is 1.68. The van der Waals surface area contributed by atoms with E-state index >= 15 is 0 Å². The summed E-state index contributed by atoms with van der Waals surface area (Å²) in [4.78, 5) is 10.2. The first kappa shape index (κ1) is 8.00. The molecule has 0 heterocycles. The second-order valence-electron chi connectivity index (χ2n) is 2.07. The zero-order valence-corrected chi connectivity index (χ0v) is 7.18. The van der Waals surface area contributed by atoms with Gasteiger partial charge in [-0.25, -0.2) is 4.79 Å². The van der Waals surface area contributed by atoms with E-state index < -0.39 is 0 Å². The molecule has 0 aromatic rings. The Balaban J connectivity index is 3.02. The summed E-state index contributed by atoms with van der Waals surface area (Å²) in [5.74, 6) is 1.79. The first-order valence-electron chi connectivity index (χ1n) is 2.98. The highest BCUT2D eigenvalue weighted by molar-refractivity contribution is 9.11. The minimum atomic E-state index is 0.475. The van der Waals surface area contributed by atoms with Gasteiger partial charge in [0.25, 0.3) is 0 Å². The van der Waals surface area contributed by atoms with Crippen LogP contribution in [0.4, 0.5) is 0 Å². The zero-order chi connectivity index (χ0) is 8.27. The Morgan fingerprint density at radius 2 is 2.27 bits per heavy atom. The predicted octanol–water partition coefficient (Wildman–Crippen LogP) is 1.88. The van der Waals surface area contributed by atoms with Crippen LogP contribution in [0.2, 0.25) is 0 Å². The van der Waals surface area contributed by atoms with Crippen LogP contribution < -0.4 is 0 Å². The van der Waals surface area contributed by atoms with Gasteiger partial charge in [0.15, 0.2) is 0 Å². The Morgan fingerprint density at radius 3 is 2.73 bits per heavy atom. The van der Waals surface area contributed by atoms with Gasteiger partial charge in [-0.2, -0.15) is 5.26 Å². The fourth-order valence-corrected chi connectivity index (χ4v) is 1.29. The Morgan fingerprint density at radius 1 is 1.55 bits per heavy atom. The molecular weight excluding hydrogens is 206 g/mol. The normalized spacial score (nSPS) is 16.2. The molecule has 0 radical (unpaired) electrons. The maximum absolute atomic E-state index is 10.2. The summed E-state index contributed by atoms with van der Waals surface area (Å²) in [5.41, 5.74) is 1.14. The van der Waals surface area contributed by atoms with Crippen molar-refractivity contribution in [2.45, 2.75) is 6.42 Å². The predicted molar refractivity (Wildman–Crippen MR) is 44.5 cm³/mol. The van der Waals surface area contributed by atoms with Crippen molar-refractivity contribution in [2.75, 3.05) is 0 Å². The Bertz CT molecular complexity index is 326. The lowest BCUT2D eigenvalue weighted by Gasteiger charge is -2.03. The van der Waals surface area contributed by atoms with Crippen molar-refractivity contribution in [3.63, 3.8) is 0 Å². The first-order chi connectivity index (χ1) is 5.27. The first-order valence-corrected chi connectivity index (χ1v) is 3.78. The molecule has 1 aliphatic rings. The number of nitriles is 1. The molecule has 2 nitrogen and oxygen atoms in total. The van der Waals surface area contributed by atoms with E-state index in [1.165, 1.54) is 0 Å². The van der Waals surface area contributed by atoms with Gasteiger partial charge >= 0.3 is 0 Å². The lowest BCUT2D eigenvalue weighted by molar-refractivity contribution is 0.567. The van der Waals surface area contributed by atoms with Crippen molar-refractivity contribution in [2.24, 2.45) is 0 Å². The van der Waals surface area contributed by atoms with E-state index in [2.05, 4.69) is 15.9 Å². The summed E-state index contributed by atoms with van der Waals surface area (Å²) in [6.07, 6.45) is 3.69. The molecule has 0 unspecified atom stereocenters. The van der Waals surface area contributed by atoms with Crippen molar-refractivity contribution < 1.29 is 4.79 Å². The number of nitrogens with zero attached hydrogens (tertiary/aromatic N) is 1. The second-order valence-corrected chi connectivity index (χ2v) is 3.03. The van der Waals surface area contributed by atoms with Gasteiger partial charge in [-0.1, -0.05) is 15.9 Å². The Hall–Kier alpha value is -1.10. The van der Waals surface area contributed by atoms with Crippen LogP contribution in [-0.2, 0) is 4.79 Å². The zero-order valence-electron chi connectivity index (χ0n) is 5.60. The van der Waals surface area contributed by atoms with Crippen LogP contribution in [0.15, 0.2) is 27.8 Å². The van der Waals surface area contributed by atoms with Crippen molar-refractivity contribution >= 4 is 21.9 Å². The van der Waals surface area contributed by atoms with Crippen molar-refractivity contribution in [3.8, 4) is 6.07 Å². The second kappa shape index (κ2) is 3.34. The summed E-state index contributed by atoms with van der Waals surface area (Å²) in [7, 11) is 0. The van der Waals surface area contributed by atoms with Crippen molar-refractivity contribution in [1.29, 1.82) is 5.26 Å². The van der Waals surface area contributed by atoms with Gasteiger partial charge in [-0.05, 0) is 12.2 Å². The molecule has 0 aromatic carbocycles. The van der Waals surface area contributed by atoms with Crippen LogP contribution >= 0.6 is 15.9 Å². The highest BCUT2D eigenvalue weighted by Crippen LogP contribution is 2.25. The van der Waals surface area contributed by atoms with Crippen LogP contribution in [-0.4, -0.2) is 5.94 Å². The third-order valence-electron chi connectivity index (χ3n) is 1.34. The van der Waals surface area contributed by atoms with Gasteiger partial charge in [-0.15, -0.1) is 0 Å². The maximum Gasteiger partial charge on any atom is 0.128 e. The molecule has 0 saturated carbocycles. The molecule has 11 heavy (non-hydrogen) atoms. The molecule has 0 saturated heterocycles. The molecule has 0 bridgehead atoms. The van der Waals surface area contributed by atoms with Gasteiger partial charge in [0, 0.05) is 16.5 Å². The molecule has 0 aromatic heterocycles. The lowest BCUT2D eigenvalue weighted by atomic mass is 10.0. The molecule has 54 valence electrons. The molecule has 0 aliphatic heterocycles. The summed E-state index contributed by atoms with van der Waals surface area (Å²) in [6.45, 7) is 0. The van der Waals surface area contributed by atoms with Crippen LogP contribution in [0.1, 0.15) is 6.42 Å². The topological polar surface area (TPSA) is 40.9 Å². The molecule has 0 fully saturated rings. The van der Waals surface area contributed by atoms with Crippen LogP contribution in [0.5, 0.6) is 0 Å². The fourth-order valence-electron chi connectivity index (χ4n) is 0.764. The van der Waals surface area contributed by atoms with Crippen LogP contribution in [0.25, 0.3) is 0 Å². The quantitative estimate of drug-likeness (QED) is 0.572. The van der Waals surface area contributed by atoms with Crippen LogP contribution in [0.3, 0.4) is 0 Å². The van der Waals surface area contributed by atoms with Crippen molar-refractivity contribution in [3.05, 3.63) is 27.8 Å². The number of carbonyl (C=O) groups excluding carboxylic acids is 1. The number of rotatable bonds is 0. The van der Waals surface area contributed by atoms with E-state index in [9.17, 15) is 4.79 Å². The average Bonchev–Trinajstić information content (AvgIpc) is 2.04. The molecule has 1 aliphatic carbocycles. The molecular formula is C8H4BrNO. The molecule has 0 spiro atoms. The van der Waals surface area contributed by atoms with Gasteiger partial charge in [0.05, 0.1) is 11.6 Å². The molecule has 0 amide bonds. The largest absolute Gasteiger partial charge is 0.233 e. The Kier molecular flexibility index (Phi) is 2.43. The molecule has 0 atom stereocenters. The number of allylic oxidation sites excluding steroid dienone is 5. The molecule has 1 rings (SSSR count). The highest BCUT2D eigenvalue weighted by Gasteiger charge is 2.08. The van der Waals surface area contributed by atoms with E-state index in [4.69, 9.17) is 5.26 Å². The standard InChI is InChI=1S/C8H4BrNO/c9-8-3-6(5-11)1-2-7(8)4-10/h1-2H,3H2. The summed E-state index contributed by atoms with van der Waals surface area (Å²) < 4.78 is 0.751. The average molecular weight is 210 g/mol. The van der Waals surface area contributed by atoms with Crippen LogP contribution in [0, 0.1) is 11.3 Å². The number of hydrogen-bond acceptors (Lipinski definition) is 2. The third-order valence-corrected chi connectivity index (χ3v) is 2.05. The van der Waals surface area contributed by atoms with E-state index in [0.717, 1.165) is 4.48 Å².